The Morgan fingerprint density at radius 3 is 2.56 bits per heavy atom. The van der Waals surface area contributed by atoms with E-state index in [4.69, 9.17) is 4.42 Å². The lowest BCUT2D eigenvalue weighted by Crippen LogP contribution is -2.24. The summed E-state index contributed by atoms with van der Waals surface area (Å²) in [5, 5.41) is 5.90. The number of benzene rings is 1. The van der Waals surface area contributed by atoms with Gasteiger partial charge in [-0.05, 0) is 56.3 Å². The Morgan fingerprint density at radius 1 is 1.11 bits per heavy atom. The van der Waals surface area contributed by atoms with Crippen LogP contribution in [0.3, 0.4) is 0 Å². The number of nitrogens with one attached hydrogen (secondary N) is 2. The van der Waals surface area contributed by atoms with Crippen molar-refractivity contribution in [3.8, 4) is 0 Å². The minimum Gasteiger partial charge on any atom is -0.467 e. The van der Waals surface area contributed by atoms with Crippen LogP contribution >= 0.6 is 0 Å². The van der Waals surface area contributed by atoms with Gasteiger partial charge < -0.3 is 20.0 Å². The molecule has 7 heteroatoms. The van der Waals surface area contributed by atoms with E-state index in [1.165, 1.54) is 0 Å². The van der Waals surface area contributed by atoms with Gasteiger partial charge in [-0.1, -0.05) is 0 Å². The molecule has 2 aromatic heterocycles. The molecule has 140 valence electrons. The van der Waals surface area contributed by atoms with E-state index < -0.39 is 0 Å². The molecule has 0 atom stereocenters. The van der Waals surface area contributed by atoms with Gasteiger partial charge in [0.15, 0.2) is 0 Å². The van der Waals surface area contributed by atoms with Crippen molar-refractivity contribution in [3.63, 3.8) is 0 Å². The number of rotatable bonds is 8. The van der Waals surface area contributed by atoms with E-state index in [1.54, 1.807) is 30.7 Å². The highest BCUT2D eigenvalue weighted by atomic mass is 16.3. The average Bonchev–Trinajstić information content (AvgIpc) is 3.22. The zero-order valence-corrected chi connectivity index (χ0v) is 15.5. The molecule has 0 saturated carbocycles. The summed E-state index contributed by atoms with van der Waals surface area (Å²) >= 11 is 0. The van der Waals surface area contributed by atoms with Gasteiger partial charge in [-0.15, -0.1) is 0 Å². The van der Waals surface area contributed by atoms with Crippen LogP contribution in [0.1, 0.15) is 30.1 Å². The third-order valence-electron chi connectivity index (χ3n) is 4.14. The van der Waals surface area contributed by atoms with Gasteiger partial charge in [0.05, 0.1) is 12.8 Å². The number of aromatic nitrogens is 2. The quantitative estimate of drug-likeness (QED) is 0.635. The van der Waals surface area contributed by atoms with E-state index in [2.05, 4.69) is 51.5 Å². The molecule has 0 aliphatic heterocycles. The van der Waals surface area contributed by atoms with Crippen molar-refractivity contribution < 1.29 is 9.21 Å². The van der Waals surface area contributed by atoms with E-state index >= 15 is 0 Å². The molecule has 0 aliphatic carbocycles. The molecule has 0 fully saturated rings. The molecule has 0 radical (unpaired) electrons. The second kappa shape index (κ2) is 8.84. The van der Waals surface area contributed by atoms with Crippen molar-refractivity contribution in [3.05, 3.63) is 66.4 Å². The minimum absolute atomic E-state index is 0.284. The van der Waals surface area contributed by atoms with Crippen LogP contribution in [0.5, 0.6) is 0 Å². The van der Waals surface area contributed by atoms with Crippen molar-refractivity contribution in [1.29, 1.82) is 0 Å². The molecule has 2 N–H and O–H groups in total. The summed E-state index contributed by atoms with van der Waals surface area (Å²) in [6, 6.07) is 13.2. The molecule has 1 amide bonds. The summed E-state index contributed by atoms with van der Waals surface area (Å²) in [5.41, 5.74) is 2.32. The van der Waals surface area contributed by atoms with Crippen molar-refractivity contribution in [2.45, 2.75) is 20.4 Å². The standard InChI is InChI=1S/C20H23N5O2/c1-3-25(4-2)16-9-7-15(8-10-16)23-20-21-12-11-18(24-20)19(26)22-14-17-6-5-13-27-17/h5-13H,3-4,14H2,1-2H3,(H,22,26)(H,21,23,24). The van der Waals surface area contributed by atoms with Crippen LogP contribution in [0.2, 0.25) is 0 Å². The van der Waals surface area contributed by atoms with E-state index in [-0.39, 0.29) is 5.91 Å². The minimum atomic E-state index is -0.284. The number of furan rings is 1. The van der Waals surface area contributed by atoms with Crippen LogP contribution < -0.4 is 15.5 Å². The zero-order chi connectivity index (χ0) is 19.1. The first-order valence-corrected chi connectivity index (χ1v) is 8.95. The summed E-state index contributed by atoms with van der Waals surface area (Å²) in [7, 11) is 0. The van der Waals surface area contributed by atoms with Crippen LogP contribution in [0.25, 0.3) is 0 Å². The van der Waals surface area contributed by atoms with E-state index in [0.717, 1.165) is 24.5 Å². The maximum atomic E-state index is 12.3. The molecule has 0 unspecified atom stereocenters. The SMILES string of the molecule is CCN(CC)c1ccc(Nc2nccc(C(=O)NCc3ccco3)n2)cc1. The molecule has 0 bridgehead atoms. The summed E-state index contributed by atoms with van der Waals surface area (Å²) in [4.78, 5) is 23.0. The van der Waals surface area contributed by atoms with E-state index in [9.17, 15) is 4.79 Å². The summed E-state index contributed by atoms with van der Waals surface area (Å²) < 4.78 is 5.20. The Morgan fingerprint density at radius 2 is 1.89 bits per heavy atom. The topological polar surface area (TPSA) is 83.3 Å². The first-order chi connectivity index (χ1) is 13.2. The Labute approximate surface area is 158 Å². The third-order valence-corrected chi connectivity index (χ3v) is 4.14. The first kappa shape index (κ1) is 18.4. The molecule has 3 aromatic rings. The second-order valence-electron chi connectivity index (χ2n) is 5.87. The molecular weight excluding hydrogens is 342 g/mol. The zero-order valence-electron chi connectivity index (χ0n) is 15.5. The van der Waals surface area contributed by atoms with Crippen LogP contribution in [-0.4, -0.2) is 29.0 Å². The average molecular weight is 365 g/mol. The maximum Gasteiger partial charge on any atom is 0.270 e. The molecule has 2 heterocycles. The number of carbonyl (C=O) groups is 1. The Kier molecular flexibility index (Phi) is 6.04. The third kappa shape index (κ3) is 4.84. The van der Waals surface area contributed by atoms with Crippen LogP contribution in [0, 0.1) is 0 Å². The highest BCUT2D eigenvalue weighted by Gasteiger charge is 2.10. The van der Waals surface area contributed by atoms with Crippen molar-refractivity contribution in [2.24, 2.45) is 0 Å². The van der Waals surface area contributed by atoms with Crippen molar-refractivity contribution in [1.82, 2.24) is 15.3 Å². The molecule has 0 spiro atoms. The smallest absolute Gasteiger partial charge is 0.270 e. The summed E-state index contributed by atoms with van der Waals surface area (Å²) in [5.74, 6) is 0.772. The molecular formula is C20H23N5O2. The van der Waals surface area contributed by atoms with Crippen LogP contribution in [0.4, 0.5) is 17.3 Å². The lowest BCUT2D eigenvalue weighted by Gasteiger charge is -2.21. The van der Waals surface area contributed by atoms with Gasteiger partial charge in [-0.3, -0.25) is 4.79 Å². The number of nitrogens with zero attached hydrogens (tertiary/aromatic N) is 3. The van der Waals surface area contributed by atoms with E-state index in [0.29, 0.717) is 23.9 Å². The monoisotopic (exact) mass is 365 g/mol. The van der Waals surface area contributed by atoms with Crippen LogP contribution in [-0.2, 0) is 6.54 Å². The summed E-state index contributed by atoms with van der Waals surface area (Å²) in [6.45, 7) is 6.49. The summed E-state index contributed by atoms with van der Waals surface area (Å²) in [6.07, 6.45) is 3.13. The molecule has 0 aliphatic rings. The predicted octanol–water partition coefficient (Wildman–Crippen LogP) is 3.59. The van der Waals surface area contributed by atoms with Gasteiger partial charge in [0.2, 0.25) is 5.95 Å². The van der Waals surface area contributed by atoms with Crippen molar-refractivity contribution >= 4 is 23.2 Å². The highest BCUT2D eigenvalue weighted by Crippen LogP contribution is 2.19. The largest absolute Gasteiger partial charge is 0.467 e. The Bertz CT molecular complexity index is 858. The first-order valence-electron chi connectivity index (χ1n) is 8.95. The van der Waals surface area contributed by atoms with Gasteiger partial charge in [-0.2, -0.15) is 0 Å². The van der Waals surface area contributed by atoms with Gasteiger partial charge >= 0.3 is 0 Å². The van der Waals surface area contributed by atoms with Gasteiger partial charge in [0.1, 0.15) is 11.5 Å². The molecule has 7 nitrogen and oxygen atoms in total. The second-order valence-corrected chi connectivity index (χ2v) is 5.87. The molecule has 1 aromatic carbocycles. The maximum absolute atomic E-state index is 12.3. The Balaban J connectivity index is 1.64. The molecule has 3 rings (SSSR count). The van der Waals surface area contributed by atoms with Gasteiger partial charge in [-0.25, -0.2) is 9.97 Å². The fourth-order valence-electron chi connectivity index (χ4n) is 2.69. The Hall–Kier alpha value is -3.35. The number of amides is 1. The number of anilines is 3. The normalized spacial score (nSPS) is 10.4. The van der Waals surface area contributed by atoms with Gasteiger partial charge in [0.25, 0.3) is 5.91 Å². The fourth-order valence-corrected chi connectivity index (χ4v) is 2.69. The number of hydrogen-bond acceptors (Lipinski definition) is 6. The van der Waals surface area contributed by atoms with Crippen molar-refractivity contribution in [2.75, 3.05) is 23.3 Å². The highest BCUT2D eigenvalue weighted by molar-refractivity contribution is 5.92. The fraction of sp³-hybridized carbons (Fsp3) is 0.250. The predicted molar refractivity (Wildman–Crippen MR) is 105 cm³/mol. The van der Waals surface area contributed by atoms with Crippen LogP contribution in [0.15, 0.2) is 59.3 Å². The number of hydrogen-bond donors (Lipinski definition) is 2. The van der Waals surface area contributed by atoms with E-state index in [1.807, 2.05) is 12.1 Å². The number of carbonyl (C=O) groups excluding carboxylic acids is 1. The lowest BCUT2D eigenvalue weighted by atomic mass is 10.2. The molecule has 27 heavy (non-hydrogen) atoms. The van der Waals surface area contributed by atoms with Gasteiger partial charge in [0, 0.05) is 30.7 Å². The molecule has 0 saturated heterocycles. The lowest BCUT2D eigenvalue weighted by molar-refractivity contribution is 0.0943.